The standard InChI is InChI=1S/C41H42N4O6/c1-7-40(8-2)31-12-10-9-11-27(31)34-29-23-32(46-3)33(47-4)24-30(29)36-28(35(34)40)17-18-41(51-36,37-42-38(48-5)44-39(43-37)49-6)25-13-15-26(16-14-25)45-19-21-50-22-20-45/h9-18,23-24H,7-8,19-22H2,1-6H3. The van der Waals surface area contributed by atoms with Gasteiger partial charge in [-0.15, -0.1) is 4.98 Å². The van der Waals surface area contributed by atoms with E-state index in [4.69, 9.17) is 38.4 Å². The third-order valence-corrected chi connectivity index (χ3v) is 10.9. The molecule has 0 amide bonds. The van der Waals surface area contributed by atoms with Crippen LogP contribution >= 0.6 is 0 Å². The molecule has 4 aromatic carbocycles. The van der Waals surface area contributed by atoms with Crippen LogP contribution in [0, 0.1) is 0 Å². The van der Waals surface area contributed by atoms with Crippen LogP contribution in [0.25, 0.3) is 28.0 Å². The SMILES string of the molecule is CCC1(CC)c2ccccc2-c2c1c1c(c3cc(OC)c(OC)cc23)OC(c2ccc(N3CCOCC3)cc2)(c2nc(OC)nc(OC)n2)C=C1. The summed E-state index contributed by atoms with van der Waals surface area (Å²) in [6, 6.07) is 21.5. The first kappa shape index (κ1) is 32.8. The Hall–Kier alpha value is -5.35. The van der Waals surface area contributed by atoms with E-state index in [0.29, 0.717) is 36.3 Å². The number of fused-ring (bicyclic) bond motifs is 8. The number of hydrogen-bond acceptors (Lipinski definition) is 10. The Morgan fingerprint density at radius 2 is 1.41 bits per heavy atom. The summed E-state index contributed by atoms with van der Waals surface area (Å²) in [7, 11) is 6.38. The molecule has 3 aliphatic rings. The van der Waals surface area contributed by atoms with Crippen LogP contribution in [0.1, 0.15) is 54.8 Å². The number of hydrogen-bond donors (Lipinski definition) is 0. The maximum absolute atomic E-state index is 7.49. The molecule has 1 aromatic heterocycles. The van der Waals surface area contributed by atoms with E-state index in [-0.39, 0.29) is 17.4 Å². The van der Waals surface area contributed by atoms with Crippen molar-refractivity contribution in [3.05, 3.63) is 94.8 Å². The first-order chi connectivity index (χ1) is 24.9. The lowest BCUT2D eigenvalue weighted by Crippen LogP contribution is -2.38. The Kier molecular flexibility index (Phi) is 8.21. The quantitative estimate of drug-likeness (QED) is 0.157. The van der Waals surface area contributed by atoms with Gasteiger partial charge in [0.2, 0.25) is 5.60 Å². The first-order valence-electron chi connectivity index (χ1n) is 17.5. The van der Waals surface area contributed by atoms with Crippen molar-refractivity contribution in [2.24, 2.45) is 0 Å². The highest BCUT2D eigenvalue weighted by atomic mass is 16.5. The average Bonchev–Trinajstić information content (AvgIpc) is 3.51. The maximum atomic E-state index is 7.49. The van der Waals surface area contributed by atoms with Gasteiger partial charge in [0, 0.05) is 40.7 Å². The summed E-state index contributed by atoms with van der Waals surface area (Å²) in [5, 5.41) is 1.92. The van der Waals surface area contributed by atoms with E-state index in [1.54, 1.807) is 14.2 Å². The van der Waals surface area contributed by atoms with E-state index in [1.807, 2.05) is 6.07 Å². The van der Waals surface area contributed by atoms with Crippen molar-refractivity contribution >= 4 is 22.5 Å². The van der Waals surface area contributed by atoms with Crippen LogP contribution in [0.3, 0.4) is 0 Å². The molecule has 8 rings (SSSR count). The second-order valence-corrected chi connectivity index (χ2v) is 13.0. The molecule has 0 bridgehead atoms. The Labute approximate surface area is 298 Å². The highest BCUT2D eigenvalue weighted by molar-refractivity contribution is 6.09. The molecule has 0 spiro atoms. The summed E-state index contributed by atoms with van der Waals surface area (Å²) in [5.74, 6) is 2.31. The van der Waals surface area contributed by atoms with Gasteiger partial charge in [-0.3, -0.25) is 0 Å². The molecular formula is C41H42N4O6. The molecule has 0 radical (unpaired) electrons. The van der Waals surface area contributed by atoms with Crippen molar-refractivity contribution in [1.82, 2.24) is 15.0 Å². The van der Waals surface area contributed by atoms with E-state index in [9.17, 15) is 0 Å². The molecule has 1 fully saturated rings. The largest absolute Gasteiger partial charge is 0.493 e. The van der Waals surface area contributed by atoms with Gasteiger partial charge < -0.3 is 33.3 Å². The molecule has 1 aliphatic carbocycles. The Balaban J connectivity index is 1.43. The number of ether oxygens (including phenoxy) is 6. The van der Waals surface area contributed by atoms with Crippen LogP contribution in [0.2, 0.25) is 0 Å². The van der Waals surface area contributed by atoms with E-state index >= 15 is 0 Å². The van der Waals surface area contributed by atoms with Gasteiger partial charge in [-0.25, -0.2) is 0 Å². The van der Waals surface area contributed by atoms with Crippen molar-refractivity contribution in [2.45, 2.75) is 37.7 Å². The molecule has 3 heterocycles. The summed E-state index contributed by atoms with van der Waals surface area (Å²) >= 11 is 0. The van der Waals surface area contributed by atoms with E-state index < -0.39 is 5.60 Å². The van der Waals surface area contributed by atoms with Crippen LogP contribution in [0.5, 0.6) is 29.3 Å². The molecular weight excluding hydrogens is 644 g/mol. The smallest absolute Gasteiger partial charge is 0.322 e. The van der Waals surface area contributed by atoms with Gasteiger partial charge in [0.1, 0.15) is 5.75 Å². The minimum absolute atomic E-state index is 0.126. The summed E-state index contributed by atoms with van der Waals surface area (Å²) in [5.41, 5.74) is 6.47. The first-order valence-corrected chi connectivity index (χ1v) is 17.5. The van der Waals surface area contributed by atoms with Gasteiger partial charge in [0.05, 0.1) is 41.7 Å². The molecule has 10 heteroatoms. The van der Waals surface area contributed by atoms with Crippen molar-refractivity contribution < 1.29 is 28.4 Å². The Morgan fingerprint density at radius 3 is 2.04 bits per heavy atom. The number of rotatable bonds is 9. The average molecular weight is 687 g/mol. The minimum Gasteiger partial charge on any atom is -0.493 e. The van der Waals surface area contributed by atoms with E-state index in [0.717, 1.165) is 53.5 Å². The van der Waals surface area contributed by atoms with Crippen LogP contribution in [-0.2, 0) is 15.8 Å². The Morgan fingerprint density at radius 1 is 0.765 bits per heavy atom. The fourth-order valence-electron chi connectivity index (χ4n) is 8.31. The number of nitrogens with zero attached hydrogens (tertiary/aromatic N) is 4. The third-order valence-electron chi connectivity index (χ3n) is 10.9. The lowest BCUT2D eigenvalue weighted by molar-refractivity contribution is 0.122. The number of methoxy groups -OCH3 is 4. The van der Waals surface area contributed by atoms with Crippen LogP contribution in [0.15, 0.2) is 66.7 Å². The normalized spacial score (nSPS) is 18.4. The van der Waals surface area contributed by atoms with Gasteiger partial charge in [-0.1, -0.05) is 56.3 Å². The van der Waals surface area contributed by atoms with Crippen LogP contribution < -0.4 is 28.6 Å². The molecule has 0 N–H and O–H groups in total. The fraction of sp³-hybridized carbons (Fsp3) is 0.341. The number of benzene rings is 4. The lowest BCUT2D eigenvalue weighted by atomic mass is 9.71. The molecule has 262 valence electrons. The van der Waals surface area contributed by atoms with Crippen molar-refractivity contribution in [2.75, 3.05) is 59.6 Å². The zero-order chi connectivity index (χ0) is 35.3. The molecule has 10 nitrogen and oxygen atoms in total. The highest BCUT2D eigenvalue weighted by Gasteiger charge is 2.48. The molecule has 1 saturated heterocycles. The van der Waals surface area contributed by atoms with Gasteiger partial charge >= 0.3 is 12.0 Å². The second kappa shape index (κ2) is 12.8. The van der Waals surface area contributed by atoms with Crippen molar-refractivity contribution in [1.29, 1.82) is 0 Å². The monoisotopic (exact) mass is 686 g/mol. The topological polar surface area (TPSA) is 97.3 Å². The van der Waals surface area contributed by atoms with E-state index in [1.165, 1.54) is 36.5 Å². The predicted molar refractivity (Wildman–Crippen MR) is 197 cm³/mol. The van der Waals surface area contributed by atoms with Crippen molar-refractivity contribution in [3.8, 4) is 40.4 Å². The molecule has 1 atom stereocenters. The summed E-state index contributed by atoms with van der Waals surface area (Å²) in [6.45, 7) is 7.61. The van der Waals surface area contributed by atoms with Crippen LogP contribution in [0.4, 0.5) is 5.69 Å². The van der Waals surface area contributed by atoms with Crippen molar-refractivity contribution in [3.63, 3.8) is 0 Å². The van der Waals surface area contributed by atoms with Gasteiger partial charge in [0.25, 0.3) is 0 Å². The number of aromatic nitrogens is 3. The van der Waals surface area contributed by atoms with Gasteiger partial charge in [-0.2, -0.15) is 9.97 Å². The van der Waals surface area contributed by atoms with E-state index in [2.05, 4.69) is 90.5 Å². The summed E-state index contributed by atoms with van der Waals surface area (Å²) in [6.07, 6.45) is 6.10. The summed E-state index contributed by atoms with van der Waals surface area (Å²) in [4.78, 5) is 16.2. The lowest BCUT2D eigenvalue weighted by Gasteiger charge is -2.38. The van der Waals surface area contributed by atoms with Crippen LogP contribution in [-0.4, -0.2) is 69.7 Å². The molecule has 0 saturated carbocycles. The van der Waals surface area contributed by atoms with Gasteiger partial charge in [-0.05, 0) is 70.8 Å². The molecule has 51 heavy (non-hydrogen) atoms. The minimum atomic E-state index is -1.28. The summed E-state index contributed by atoms with van der Waals surface area (Å²) < 4.78 is 36.0. The maximum Gasteiger partial charge on any atom is 0.322 e. The third kappa shape index (κ3) is 4.91. The molecule has 2 aliphatic heterocycles. The van der Waals surface area contributed by atoms with Gasteiger partial charge in [0.15, 0.2) is 17.3 Å². The fourth-order valence-corrected chi connectivity index (χ4v) is 8.31. The zero-order valence-electron chi connectivity index (χ0n) is 29.9. The number of anilines is 1. The molecule has 1 unspecified atom stereocenters. The predicted octanol–water partition coefficient (Wildman–Crippen LogP) is 7.33. The Bertz CT molecular complexity index is 2130. The zero-order valence-corrected chi connectivity index (χ0v) is 29.9. The number of morpholine rings is 1. The second-order valence-electron chi connectivity index (χ2n) is 13.0. The highest BCUT2D eigenvalue weighted by Crippen LogP contribution is 2.61. The molecule has 5 aromatic rings.